The summed E-state index contributed by atoms with van der Waals surface area (Å²) in [6.07, 6.45) is 2.31. The molecule has 0 spiro atoms. The summed E-state index contributed by atoms with van der Waals surface area (Å²) in [6, 6.07) is 4.85. The number of carbonyl (C=O) groups is 1. The zero-order valence-corrected chi connectivity index (χ0v) is 12.6. The Hall–Kier alpha value is -0.930. The van der Waals surface area contributed by atoms with Gasteiger partial charge in [-0.1, -0.05) is 43.0 Å². The minimum atomic E-state index is -0.694. The normalized spacial score (nSPS) is 12.0. The Morgan fingerprint density at radius 1 is 1.32 bits per heavy atom. The predicted molar refractivity (Wildman–Crippen MR) is 77.0 cm³/mol. The van der Waals surface area contributed by atoms with Gasteiger partial charge in [0.25, 0.3) is 0 Å². The molecule has 0 radical (unpaired) electrons. The first-order chi connectivity index (χ1) is 9.04. The van der Waals surface area contributed by atoms with Crippen molar-refractivity contribution in [2.75, 3.05) is 6.61 Å². The van der Waals surface area contributed by atoms with Crippen molar-refractivity contribution < 1.29 is 14.3 Å². The van der Waals surface area contributed by atoms with E-state index in [9.17, 15) is 4.79 Å². The summed E-state index contributed by atoms with van der Waals surface area (Å²) in [7, 11) is 0. The van der Waals surface area contributed by atoms with Crippen LogP contribution in [0.25, 0.3) is 0 Å². The third-order valence-electron chi connectivity index (χ3n) is 2.52. The monoisotopic (exact) mass is 304 g/mol. The molecule has 0 aliphatic carbocycles. The highest BCUT2D eigenvalue weighted by atomic mass is 35.5. The van der Waals surface area contributed by atoms with Gasteiger partial charge in [0.05, 0.1) is 11.6 Å². The van der Waals surface area contributed by atoms with Crippen molar-refractivity contribution in [1.29, 1.82) is 0 Å². The average Bonchev–Trinajstić information content (AvgIpc) is 2.37. The fourth-order valence-corrected chi connectivity index (χ4v) is 1.90. The number of esters is 1. The molecule has 0 aliphatic heterocycles. The van der Waals surface area contributed by atoms with Crippen LogP contribution >= 0.6 is 23.2 Å². The standard InChI is InChI=1S/C14H18Cl2O3/c1-3-4-5-8-18-14(17)10(2)19-13-7-6-11(15)9-12(13)16/h6-7,9-10H,3-5,8H2,1-2H3. The van der Waals surface area contributed by atoms with E-state index in [-0.39, 0.29) is 5.97 Å². The minimum absolute atomic E-state index is 0.373. The van der Waals surface area contributed by atoms with E-state index in [0.717, 1.165) is 19.3 Å². The van der Waals surface area contributed by atoms with Gasteiger partial charge in [-0.2, -0.15) is 0 Å². The van der Waals surface area contributed by atoms with Gasteiger partial charge in [-0.25, -0.2) is 4.79 Å². The SMILES string of the molecule is CCCCCOC(=O)C(C)Oc1ccc(Cl)cc1Cl. The van der Waals surface area contributed by atoms with Gasteiger partial charge in [-0.05, 0) is 31.5 Å². The molecule has 1 unspecified atom stereocenters. The Morgan fingerprint density at radius 2 is 2.05 bits per heavy atom. The molecular formula is C14H18Cl2O3. The Balaban J connectivity index is 2.45. The summed E-state index contributed by atoms with van der Waals surface area (Å²) < 4.78 is 10.6. The lowest BCUT2D eigenvalue weighted by atomic mass is 10.3. The quantitative estimate of drug-likeness (QED) is 0.550. The predicted octanol–water partition coefficient (Wildman–Crippen LogP) is 4.49. The fourth-order valence-electron chi connectivity index (χ4n) is 1.45. The van der Waals surface area contributed by atoms with Gasteiger partial charge in [-0.3, -0.25) is 0 Å². The maximum atomic E-state index is 11.7. The Kier molecular flexibility index (Phi) is 7.03. The summed E-state index contributed by atoms with van der Waals surface area (Å²) in [4.78, 5) is 11.7. The van der Waals surface area contributed by atoms with Crippen molar-refractivity contribution >= 4 is 29.2 Å². The van der Waals surface area contributed by atoms with Crippen LogP contribution < -0.4 is 4.74 Å². The van der Waals surface area contributed by atoms with E-state index < -0.39 is 6.10 Å². The van der Waals surface area contributed by atoms with Crippen molar-refractivity contribution in [3.05, 3.63) is 28.2 Å². The van der Waals surface area contributed by atoms with Crippen molar-refractivity contribution in [3.8, 4) is 5.75 Å². The summed E-state index contributed by atoms with van der Waals surface area (Å²) in [5.74, 6) is 0.0335. The molecule has 0 aliphatic rings. The van der Waals surface area contributed by atoms with Gasteiger partial charge in [0.2, 0.25) is 0 Å². The van der Waals surface area contributed by atoms with E-state index in [0.29, 0.717) is 22.4 Å². The molecule has 0 fully saturated rings. The maximum absolute atomic E-state index is 11.7. The zero-order chi connectivity index (χ0) is 14.3. The van der Waals surface area contributed by atoms with Crippen LogP contribution in [0.4, 0.5) is 0 Å². The van der Waals surface area contributed by atoms with Gasteiger partial charge in [0.15, 0.2) is 6.10 Å². The molecule has 1 atom stereocenters. The zero-order valence-electron chi connectivity index (χ0n) is 11.1. The summed E-state index contributed by atoms with van der Waals surface area (Å²) in [5.41, 5.74) is 0. The van der Waals surface area contributed by atoms with Crippen LogP contribution in [-0.4, -0.2) is 18.7 Å². The number of rotatable bonds is 7. The summed E-state index contributed by atoms with van der Waals surface area (Å²) >= 11 is 11.7. The Morgan fingerprint density at radius 3 is 2.68 bits per heavy atom. The van der Waals surface area contributed by atoms with Crippen molar-refractivity contribution in [3.63, 3.8) is 0 Å². The van der Waals surface area contributed by atoms with Gasteiger partial charge < -0.3 is 9.47 Å². The van der Waals surface area contributed by atoms with Crippen LogP contribution in [0, 0.1) is 0 Å². The first-order valence-electron chi connectivity index (χ1n) is 6.33. The van der Waals surface area contributed by atoms with Crippen LogP contribution in [0.2, 0.25) is 10.0 Å². The van der Waals surface area contributed by atoms with Crippen molar-refractivity contribution in [2.24, 2.45) is 0 Å². The van der Waals surface area contributed by atoms with Gasteiger partial charge >= 0.3 is 5.97 Å². The van der Waals surface area contributed by atoms with Crippen LogP contribution in [0.1, 0.15) is 33.1 Å². The molecule has 0 amide bonds. The molecule has 0 bridgehead atoms. The van der Waals surface area contributed by atoms with E-state index >= 15 is 0 Å². The second kappa shape index (κ2) is 8.28. The largest absolute Gasteiger partial charge is 0.477 e. The number of hydrogen-bond acceptors (Lipinski definition) is 3. The molecule has 5 heteroatoms. The number of halogens is 2. The highest BCUT2D eigenvalue weighted by Gasteiger charge is 2.17. The molecule has 19 heavy (non-hydrogen) atoms. The molecule has 1 aromatic rings. The minimum Gasteiger partial charge on any atom is -0.477 e. The molecule has 0 saturated carbocycles. The van der Waals surface area contributed by atoms with Gasteiger partial charge in [0.1, 0.15) is 5.75 Å². The molecule has 0 N–H and O–H groups in total. The molecule has 3 nitrogen and oxygen atoms in total. The van der Waals surface area contributed by atoms with Gasteiger partial charge in [-0.15, -0.1) is 0 Å². The Bertz CT molecular complexity index is 421. The van der Waals surface area contributed by atoms with E-state index in [1.165, 1.54) is 0 Å². The van der Waals surface area contributed by atoms with Crippen LogP contribution in [0.3, 0.4) is 0 Å². The summed E-state index contributed by atoms with van der Waals surface area (Å²) in [6.45, 7) is 4.15. The summed E-state index contributed by atoms with van der Waals surface area (Å²) in [5, 5.41) is 0.894. The lowest BCUT2D eigenvalue weighted by Gasteiger charge is -2.15. The first kappa shape index (κ1) is 16.1. The third kappa shape index (κ3) is 5.70. The van der Waals surface area contributed by atoms with Crippen LogP contribution in [-0.2, 0) is 9.53 Å². The van der Waals surface area contributed by atoms with E-state index in [1.807, 2.05) is 0 Å². The Labute approximate surface area is 123 Å². The fraction of sp³-hybridized carbons (Fsp3) is 0.500. The van der Waals surface area contributed by atoms with Gasteiger partial charge in [0, 0.05) is 5.02 Å². The topological polar surface area (TPSA) is 35.5 Å². The lowest BCUT2D eigenvalue weighted by molar-refractivity contribution is -0.151. The first-order valence-corrected chi connectivity index (χ1v) is 7.08. The van der Waals surface area contributed by atoms with Crippen LogP contribution in [0.5, 0.6) is 5.75 Å². The number of benzene rings is 1. The lowest BCUT2D eigenvalue weighted by Crippen LogP contribution is -2.26. The highest BCUT2D eigenvalue weighted by Crippen LogP contribution is 2.28. The van der Waals surface area contributed by atoms with E-state index in [4.69, 9.17) is 32.7 Å². The molecule has 106 valence electrons. The van der Waals surface area contributed by atoms with Crippen molar-refractivity contribution in [1.82, 2.24) is 0 Å². The average molecular weight is 305 g/mol. The smallest absolute Gasteiger partial charge is 0.347 e. The third-order valence-corrected chi connectivity index (χ3v) is 3.05. The second-order valence-electron chi connectivity index (χ2n) is 4.21. The molecule has 1 aromatic carbocycles. The maximum Gasteiger partial charge on any atom is 0.347 e. The highest BCUT2D eigenvalue weighted by molar-refractivity contribution is 6.35. The number of unbranched alkanes of at least 4 members (excludes halogenated alkanes) is 2. The number of hydrogen-bond donors (Lipinski definition) is 0. The van der Waals surface area contributed by atoms with Crippen molar-refractivity contribution in [2.45, 2.75) is 39.2 Å². The molecule has 0 heterocycles. The molecular weight excluding hydrogens is 287 g/mol. The van der Waals surface area contributed by atoms with E-state index in [2.05, 4.69) is 6.92 Å². The number of carbonyl (C=O) groups excluding carboxylic acids is 1. The van der Waals surface area contributed by atoms with Crippen LogP contribution in [0.15, 0.2) is 18.2 Å². The van der Waals surface area contributed by atoms with E-state index in [1.54, 1.807) is 25.1 Å². The number of ether oxygens (including phenoxy) is 2. The second-order valence-corrected chi connectivity index (χ2v) is 5.05. The molecule has 0 aromatic heterocycles. The molecule has 1 rings (SSSR count). The molecule has 0 saturated heterocycles.